The number of halogens is 5. The molecule has 1 aliphatic carbocycles. The molecule has 4 rings (SSSR count). The van der Waals surface area contributed by atoms with Crippen LogP contribution in [0.4, 0.5) is 34.8 Å². The van der Waals surface area contributed by atoms with Gasteiger partial charge in [0.25, 0.3) is 0 Å². The minimum atomic E-state index is -4.10. The van der Waals surface area contributed by atoms with Crippen LogP contribution >= 0.6 is 22.6 Å². The average Bonchev–Trinajstić information content (AvgIpc) is 3.65. The number of carbonyl (C=O) groups excluding carboxylic acids is 1. The number of ether oxygens (including phenoxy) is 1. The van der Waals surface area contributed by atoms with Crippen molar-refractivity contribution in [2.75, 3.05) is 17.1 Å². The number of nitrogens with zero attached hydrogens (tertiary/aromatic N) is 1. The average molecular weight is 650 g/mol. The predicted octanol–water partition coefficient (Wildman–Crippen LogP) is 4.77. The molecule has 1 aromatic heterocycles. The Balaban J connectivity index is 1.69. The number of nitrogens with one attached hydrogen (secondary N) is 3. The molecule has 0 unspecified atom stereocenters. The van der Waals surface area contributed by atoms with Crippen LogP contribution in [0.2, 0.25) is 0 Å². The monoisotopic (exact) mass is 650 g/mol. The maximum Gasteiger partial charge on any atom is 0.340 e. The fourth-order valence-electron chi connectivity index (χ4n) is 3.40. The lowest BCUT2D eigenvalue weighted by Gasteiger charge is -2.16. The van der Waals surface area contributed by atoms with Gasteiger partial charge < -0.3 is 10.1 Å². The Hall–Kier alpha value is -2.98. The van der Waals surface area contributed by atoms with E-state index in [1.54, 1.807) is 0 Å². The second kappa shape index (κ2) is 10.8. The van der Waals surface area contributed by atoms with E-state index in [4.69, 9.17) is 0 Å². The number of rotatable bonds is 9. The van der Waals surface area contributed by atoms with Gasteiger partial charge in [-0.25, -0.2) is 27.3 Å². The Morgan fingerprint density at radius 3 is 2.46 bits per heavy atom. The zero-order valence-corrected chi connectivity index (χ0v) is 22.0. The molecule has 1 saturated carbocycles. The second-order valence-electron chi connectivity index (χ2n) is 8.13. The molecular formula is C23H19F4IN4O4S. The Bertz CT molecular complexity index is 1490. The Labute approximate surface area is 223 Å². The topological polar surface area (TPSA) is 109 Å². The van der Waals surface area contributed by atoms with E-state index in [0.29, 0.717) is 16.4 Å². The number of hydrogen-bond acceptors (Lipinski definition) is 6. The number of anilines is 3. The largest absolute Gasteiger partial charge is 0.465 e. The number of esters is 1. The summed E-state index contributed by atoms with van der Waals surface area (Å²) in [6.45, 7) is 0. The molecule has 2 aromatic carbocycles. The molecule has 3 aromatic rings. The van der Waals surface area contributed by atoms with Crippen LogP contribution < -0.4 is 14.8 Å². The Kier molecular flexibility index (Phi) is 7.89. The van der Waals surface area contributed by atoms with Crippen molar-refractivity contribution in [3.05, 3.63) is 80.1 Å². The first-order valence-electron chi connectivity index (χ1n) is 10.7. The van der Waals surface area contributed by atoms with Gasteiger partial charge in [0.1, 0.15) is 5.82 Å². The van der Waals surface area contributed by atoms with Gasteiger partial charge >= 0.3 is 16.2 Å². The van der Waals surface area contributed by atoms with Crippen LogP contribution in [0.25, 0.3) is 0 Å². The molecule has 0 bridgehead atoms. The molecule has 0 saturated heterocycles. The number of carbonyl (C=O) groups is 1. The maximum absolute atomic E-state index is 15.2. The van der Waals surface area contributed by atoms with Gasteiger partial charge in [-0.3, -0.25) is 4.72 Å². The molecule has 37 heavy (non-hydrogen) atoms. The quantitative estimate of drug-likeness (QED) is 0.175. The summed E-state index contributed by atoms with van der Waals surface area (Å²) in [5.41, 5.74) is -1.99. The Morgan fingerprint density at radius 1 is 1.08 bits per heavy atom. The molecule has 8 nitrogen and oxygen atoms in total. The molecule has 14 heteroatoms. The molecule has 1 fully saturated rings. The minimum Gasteiger partial charge on any atom is -0.465 e. The smallest absolute Gasteiger partial charge is 0.340 e. The van der Waals surface area contributed by atoms with Crippen LogP contribution in [0.3, 0.4) is 0 Å². The summed E-state index contributed by atoms with van der Waals surface area (Å²) in [4.78, 5) is 16.1. The van der Waals surface area contributed by atoms with Crippen LogP contribution in [-0.4, -0.2) is 32.5 Å². The molecule has 0 amide bonds. The summed E-state index contributed by atoms with van der Waals surface area (Å²) in [6, 6.07) is 5.83. The highest BCUT2D eigenvalue weighted by molar-refractivity contribution is 14.1. The van der Waals surface area contributed by atoms with Crippen molar-refractivity contribution in [1.82, 2.24) is 9.71 Å². The number of aromatic nitrogens is 1. The van der Waals surface area contributed by atoms with Crippen LogP contribution in [0, 0.1) is 26.8 Å². The van der Waals surface area contributed by atoms with E-state index in [1.165, 1.54) is 12.1 Å². The fraction of sp³-hybridized carbons (Fsp3) is 0.217. The Morgan fingerprint density at radius 2 is 1.81 bits per heavy atom. The van der Waals surface area contributed by atoms with Gasteiger partial charge in [-0.05, 0) is 76.9 Å². The maximum atomic E-state index is 15.2. The van der Waals surface area contributed by atoms with E-state index < -0.39 is 68.5 Å². The van der Waals surface area contributed by atoms with E-state index in [2.05, 4.69) is 19.8 Å². The van der Waals surface area contributed by atoms with E-state index in [1.807, 2.05) is 27.3 Å². The third kappa shape index (κ3) is 6.30. The van der Waals surface area contributed by atoms with Gasteiger partial charge in [0.2, 0.25) is 0 Å². The van der Waals surface area contributed by atoms with Crippen molar-refractivity contribution in [3.63, 3.8) is 0 Å². The number of hydrogen-bond donors (Lipinski definition) is 3. The molecule has 0 aliphatic heterocycles. The molecule has 1 heterocycles. The molecule has 0 spiro atoms. The van der Waals surface area contributed by atoms with Crippen molar-refractivity contribution < 1.29 is 35.5 Å². The fourth-order valence-corrected chi connectivity index (χ4v) is 4.98. The SMILES string of the molecule is COC(=O)c1cc(Cc2ccnc(NS(=O)(=O)NC3CC3)c2F)c(F)c(F)c1Nc1ccc(I)cc1F. The summed E-state index contributed by atoms with van der Waals surface area (Å²) < 4.78 is 93.4. The van der Waals surface area contributed by atoms with Gasteiger partial charge in [-0.15, -0.1) is 0 Å². The summed E-state index contributed by atoms with van der Waals surface area (Å²) in [6.07, 6.45) is 1.85. The summed E-state index contributed by atoms with van der Waals surface area (Å²) in [5, 5.41) is 2.39. The summed E-state index contributed by atoms with van der Waals surface area (Å²) in [7, 11) is -3.08. The molecular weight excluding hydrogens is 631 g/mol. The number of pyridine rings is 1. The molecule has 0 radical (unpaired) electrons. The predicted molar refractivity (Wildman–Crippen MR) is 136 cm³/mol. The zero-order valence-electron chi connectivity index (χ0n) is 19.0. The van der Waals surface area contributed by atoms with Gasteiger partial charge in [-0.2, -0.15) is 13.1 Å². The van der Waals surface area contributed by atoms with Crippen molar-refractivity contribution in [2.45, 2.75) is 25.3 Å². The van der Waals surface area contributed by atoms with Crippen LogP contribution in [0.15, 0.2) is 36.5 Å². The summed E-state index contributed by atoms with van der Waals surface area (Å²) >= 11 is 1.87. The van der Waals surface area contributed by atoms with E-state index >= 15 is 13.2 Å². The first kappa shape index (κ1) is 27.1. The normalized spacial score (nSPS) is 13.4. The lowest BCUT2D eigenvalue weighted by Crippen LogP contribution is -2.32. The molecule has 0 atom stereocenters. The van der Waals surface area contributed by atoms with Crippen molar-refractivity contribution in [2.24, 2.45) is 0 Å². The first-order chi connectivity index (χ1) is 17.5. The van der Waals surface area contributed by atoms with Gasteiger partial charge in [0, 0.05) is 22.2 Å². The highest BCUT2D eigenvalue weighted by atomic mass is 127. The highest BCUT2D eigenvalue weighted by Crippen LogP contribution is 2.32. The van der Waals surface area contributed by atoms with E-state index in [0.717, 1.165) is 31.5 Å². The molecule has 196 valence electrons. The standard InChI is InChI=1S/C23H19F4IN4O4S/c1-36-23(33)15-9-12(18(25)20(27)21(15)30-17-5-2-13(28)10-16(17)24)8-11-6-7-29-22(19(11)26)32-37(34,35)31-14-3-4-14/h2,5-7,9-10,14,30-31H,3-4,8H2,1H3,(H,29,32). The van der Waals surface area contributed by atoms with Crippen LogP contribution in [0.1, 0.15) is 34.3 Å². The second-order valence-corrected chi connectivity index (χ2v) is 10.8. The summed E-state index contributed by atoms with van der Waals surface area (Å²) in [5.74, 6) is -6.49. The van der Waals surface area contributed by atoms with Gasteiger partial charge in [0.05, 0.1) is 24.0 Å². The molecule has 3 N–H and O–H groups in total. The van der Waals surface area contributed by atoms with E-state index in [9.17, 15) is 17.6 Å². The lowest BCUT2D eigenvalue weighted by atomic mass is 10.00. The third-order valence-corrected chi connectivity index (χ3v) is 7.14. The third-order valence-electron chi connectivity index (χ3n) is 5.36. The first-order valence-corrected chi connectivity index (χ1v) is 13.3. The number of methoxy groups -OCH3 is 1. The minimum absolute atomic E-state index is 0.214. The van der Waals surface area contributed by atoms with Crippen LogP contribution in [0.5, 0.6) is 0 Å². The van der Waals surface area contributed by atoms with Crippen LogP contribution in [-0.2, 0) is 21.4 Å². The van der Waals surface area contributed by atoms with Crippen molar-refractivity contribution in [1.29, 1.82) is 0 Å². The van der Waals surface area contributed by atoms with Crippen molar-refractivity contribution >= 4 is 56.0 Å². The van der Waals surface area contributed by atoms with Crippen molar-refractivity contribution in [3.8, 4) is 0 Å². The number of benzene rings is 2. The van der Waals surface area contributed by atoms with E-state index in [-0.39, 0.29) is 17.3 Å². The zero-order chi connectivity index (χ0) is 26.9. The van der Waals surface area contributed by atoms with Gasteiger partial charge in [0.15, 0.2) is 23.3 Å². The highest BCUT2D eigenvalue weighted by Gasteiger charge is 2.28. The lowest BCUT2D eigenvalue weighted by molar-refractivity contribution is 0.0601. The van der Waals surface area contributed by atoms with Gasteiger partial charge in [-0.1, -0.05) is 0 Å². The molecule has 1 aliphatic rings.